The zero-order chi connectivity index (χ0) is 20.0. The molecule has 0 spiro atoms. The number of piperidine rings is 2. The van der Waals surface area contributed by atoms with Crippen molar-refractivity contribution < 1.29 is 9.59 Å². The molecule has 0 saturated carbocycles. The molecule has 5 heterocycles. The summed E-state index contributed by atoms with van der Waals surface area (Å²) in [4.78, 5) is 33.4. The first kappa shape index (κ1) is 19.4. The molecule has 2 amide bonds. The maximum Gasteiger partial charge on any atom is 0.238 e. The fraction of sp³-hybridized carbons (Fsp3) is 0.800. The molecule has 4 aliphatic heterocycles. The molecule has 2 atom stereocenters. The van der Waals surface area contributed by atoms with Crippen LogP contribution >= 0.6 is 11.5 Å². The van der Waals surface area contributed by atoms with Gasteiger partial charge in [-0.25, -0.2) is 0 Å². The number of likely N-dealkylation sites (tertiary alicyclic amines) is 2. The number of fused-ring (bicyclic) bond motifs is 4. The first-order valence-electron chi connectivity index (χ1n) is 11.0. The predicted molar refractivity (Wildman–Crippen MR) is 109 cm³/mol. The summed E-state index contributed by atoms with van der Waals surface area (Å²) in [5.41, 5.74) is 6.47. The van der Waals surface area contributed by atoms with Gasteiger partial charge >= 0.3 is 0 Å². The summed E-state index contributed by atoms with van der Waals surface area (Å²) in [6.07, 6.45) is 7.89. The monoisotopic (exact) mass is 418 g/mol. The SMILES string of the molecule is NC(=O)C1(N2CCCCC2)CCN(CC(=O)N2[C@@H]3CC[C@@H]2c2snnc2C3)CC1. The largest absolute Gasteiger partial charge is 0.368 e. The van der Waals surface area contributed by atoms with Crippen LogP contribution in [0.4, 0.5) is 0 Å². The molecular weight excluding hydrogens is 388 g/mol. The van der Waals surface area contributed by atoms with E-state index in [1.807, 2.05) is 0 Å². The Kier molecular flexibility index (Phi) is 5.08. The molecule has 1 aromatic heterocycles. The van der Waals surface area contributed by atoms with Gasteiger partial charge in [-0.3, -0.25) is 19.4 Å². The second-order valence-electron chi connectivity index (χ2n) is 9.06. The minimum Gasteiger partial charge on any atom is -0.368 e. The Morgan fingerprint density at radius 1 is 1.10 bits per heavy atom. The molecule has 29 heavy (non-hydrogen) atoms. The van der Waals surface area contributed by atoms with Gasteiger partial charge in [-0.15, -0.1) is 5.10 Å². The normalized spacial score (nSPS) is 29.6. The lowest BCUT2D eigenvalue weighted by Gasteiger charge is -2.48. The molecule has 3 saturated heterocycles. The van der Waals surface area contributed by atoms with E-state index in [0.29, 0.717) is 6.54 Å². The van der Waals surface area contributed by atoms with E-state index in [1.165, 1.54) is 22.8 Å². The average Bonchev–Trinajstić information content (AvgIpc) is 3.34. The van der Waals surface area contributed by atoms with Crippen molar-refractivity contribution in [3.63, 3.8) is 0 Å². The van der Waals surface area contributed by atoms with Crippen molar-refractivity contribution >= 4 is 23.3 Å². The Balaban J connectivity index is 1.23. The van der Waals surface area contributed by atoms with Crippen LogP contribution in [-0.2, 0) is 16.0 Å². The smallest absolute Gasteiger partial charge is 0.238 e. The quantitative estimate of drug-likeness (QED) is 0.782. The van der Waals surface area contributed by atoms with Crippen LogP contribution in [0.15, 0.2) is 0 Å². The first-order chi connectivity index (χ1) is 14.1. The molecule has 2 bridgehead atoms. The molecule has 1 aromatic rings. The third-order valence-corrected chi connectivity index (χ3v) is 8.44. The lowest BCUT2D eigenvalue weighted by atomic mass is 9.83. The van der Waals surface area contributed by atoms with Crippen molar-refractivity contribution in [1.82, 2.24) is 24.3 Å². The first-order valence-corrected chi connectivity index (χ1v) is 11.8. The second-order valence-corrected chi connectivity index (χ2v) is 9.84. The number of nitrogens with zero attached hydrogens (tertiary/aromatic N) is 5. The van der Waals surface area contributed by atoms with Crippen LogP contribution in [-0.4, -0.2) is 80.4 Å². The summed E-state index contributed by atoms with van der Waals surface area (Å²) >= 11 is 1.45. The lowest BCUT2D eigenvalue weighted by molar-refractivity contribution is -0.138. The summed E-state index contributed by atoms with van der Waals surface area (Å²) in [5.74, 6) is 0.0192. The summed E-state index contributed by atoms with van der Waals surface area (Å²) in [5, 5.41) is 4.26. The lowest BCUT2D eigenvalue weighted by Crippen LogP contribution is -2.63. The third-order valence-electron chi connectivity index (χ3n) is 7.57. The topological polar surface area (TPSA) is 95.7 Å². The summed E-state index contributed by atoms with van der Waals surface area (Å²) in [7, 11) is 0. The zero-order valence-electron chi connectivity index (χ0n) is 16.9. The molecule has 3 fully saturated rings. The Morgan fingerprint density at radius 2 is 1.86 bits per heavy atom. The number of hydrogen-bond acceptors (Lipinski definition) is 7. The van der Waals surface area contributed by atoms with E-state index >= 15 is 0 Å². The molecule has 0 unspecified atom stereocenters. The summed E-state index contributed by atoms with van der Waals surface area (Å²) in [6, 6.07) is 0.436. The Bertz CT molecular complexity index is 784. The highest BCUT2D eigenvalue weighted by Gasteiger charge is 2.47. The van der Waals surface area contributed by atoms with E-state index in [4.69, 9.17) is 5.73 Å². The van der Waals surface area contributed by atoms with Gasteiger partial charge < -0.3 is 10.6 Å². The van der Waals surface area contributed by atoms with Gasteiger partial charge in [0, 0.05) is 25.6 Å². The van der Waals surface area contributed by atoms with Crippen molar-refractivity contribution in [2.24, 2.45) is 5.73 Å². The number of nitrogens with two attached hydrogens (primary N) is 1. The van der Waals surface area contributed by atoms with Crippen molar-refractivity contribution in [3.05, 3.63) is 10.6 Å². The summed E-state index contributed by atoms with van der Waals surface area (Å²) < 4.78 is 4.10. The minimum absolute atomic E-state index is 0.166. The van der Waals surface area contributed by atoms with Crippen LogP contribution < -0.4 is 5.73 Å². The van der Waals surface area contributed by atoms with E-state index < -0.39 is 5.54 Å². The van der Waals surface area contributed by atoms with Crippen molar-refractivity contribution in [2.45, 2.75) is 69.0 Å². The highest BCUT2D eigenvalue weighted by Crippen LogP contribution is 2.44. The van der Waals surface area contributed by atoms with Crippen molar-refractivity contribution in [3.8, 4) is 0 Å². The highest BCUT2D eigenvalue weighted by atomic mass is 32.1. The van der Waals surface area contributed by atoms with Gasteiger partial charge in [-0.2, -0.15) is 0 Å². The van der Waals surface area contributed by atoms with Crippen molar-refractivity contribution in [1.29, 1.82) is 0 Å². The van der Waals surface area contributed by atoms with Crippen molar-refractivity contribution in [2.75, 3.05) is 32.7 Å². The van der Waals surface area contributed by atoms with Gasteiger partial charge in [-0.1, -0.05) is 10.9 Å². The minimum atomic E-state index is -0.521. The highest BCUT2D eigenvalue weighted by molar-refractivity contribution is 7.05. The molecule has 0 aliphatic carbocycles. The van der Waals surface area contributed by atoms with Gasteiger partial charge in [0.2, 0.25) is 11.8 Å². The van der Waals surface area contributed by atoms with Gasteiger partial charge in [0.15, 0.2) is 0 Å². The number of carbonyl (C=O) groups is 2. The van der Waals surface area contributed by atoms with Gasteiger partial charge in [-0.05, 0) is 63.1 Å². The van der Waals surface area contributed by atoms with Crippen LogP contribution in [0.3, 0.4) is 0 Å². The molecule has 2 N–H and O–H groups in total. The second kappa shape index (κ2) is 7.59. The number of carbonyl (C=O) groups excluding carboxylic acids is 2. The standard InChI is InChI=1S/C20H30N6O2S/c21-19(28)20(25-8-2-1-3-9-25)6-10-24(11-7-20)13-17(27)26-14-4-5-16(26)18-15(12-14)22-23-29-18/h14,16H,1-13H2,(H2,21,28)/t14-,16-/m1/s1. The maximum atomic E-state index is 13.2. The van der Waals surface area contributed by atoms with Crippen LogP contribution in [0.25, 0.3) is 0 Å². The van der Waals surface area contributed by atoms with Crippen LogP contribution in [0, 0.1) is 0 Å². The number of primary amides is 1. The molecule has 8 nitrogen and oxygen atoms in total. The molecule has 4 aliphatic rings. The van der Waals surface area contributed by atoms with Gasteiger partial charge in [0.05, 0.1) is 23.2 Å². The van der Waals surface area contributed by atoms with E-state index in [0.717, 1.165) is 76.8 Å². The van der Waals surface area contributed by atoms with Crippen LogP contribution in [0.5, 0.6) is 0 Å². The molecule has 0 aromatic carbocycles. The maximum absolute atomic E-state index is 13.2. The number of amides is 2. The Hall–Kier alpha value is -1.58. The molecule has 5 rings (SSSR count). The van der Waals surface area contributed by atoms with E-state index in [1.54, 1.807) is 0 Å². The zero-order valence-corrected chi connectivity index (χ0v) is 17.7. The molecule has 0 radical (unpaired) electrons. The van der Waals surface area contributed by atoms with E-state index in [-0.39, 0.29) is 23.9 Å². The van der Waals surface area contributed by atoms with E-state index in [2.05, 4.69) is 24.3 Å². The predicted octanol–water partition coefficient (Wildman–Crippen LogP) is 0.932. The molecule has 9 heteroatoms. The molecular formula is C20H30N6O2S. The van der Waals surface area contributed by atoms with Crippen LogP contribution in [0.1, 0.15) is 61.6 Å². The average molecular weight is 419 g/mol. The molecule has 158 valence electrons. The third kappa shape index (κ3) is 3.27. The fourth-order valence-electron chi connectivity index (χ4n) is 5.95. The van der Waals surface area contributed by atoms with Gasteiger partial charge in [0.1, 0.15) is 5.54 Å². The van der Waals surface area contributed by atoms with Gasteiger partial charge in [0.25, 0.3) is 0 Å². The Morgan fingerprint density at radius 3 is 2.59 bits per heavy atom. The summed E-state index contributed by atoms with van der Waals surface area (Å²) in [6.45, 7) is 3.86. The van der Waals surface area contributed by atoms with Crippen LogP contribution in [0.2, 0.25) is 0 Å². The number of aromatic nitrogens is 2. The number of hydrogen-bond donors (Lipinski definition) is 1. The number of rotatable bonds is 4. The Labute approximate surface area is 175 Å². The van der Waals surface area contributed by atoms with E-state index in [9.17, 15) is 9.59 Å². The fourth-order valence-corrected chi connectivity index (χ4v) is 6.76.